The lowest BCUT2D eigenvalue weighted by atomic mass is 10.1. The number of nitrogens with zero attached hydrogens (tertiary/aromatic N) is 4. The molecule has 0 saturated heterocycles. The smallest absolute Gasteiger partial charge is 0.348 e. The minimum atomic E-state index is -3.31. The van der Waals surface area contributed by atoms with Gasteiger partial charge in [-0.15, -0.1) is 0 Å². The number of aromatic nitrogens is 4. The molecule has 0 saturated carbocycles. The fraction of sp³-hybridized carbons (Fsp3) is 0.317. The lowest BCUT2D eigenvalue weighted by molar-refractivity contribution is -0.166. The van der Waals surface area contributed by atoms with Crippen LogP contribution in [0.1, 0.15) is 36.6 Å². The van der Waals surface area contributed by atoms with Crippen LogP contribution in [0.2, 0.25) is 0 Å². The molecule has 0 spiro atoms. The van der Waals surface area contributed by atoms with E-state index >= 15 is 8.78 Å². The van der Waals surface area contributed by atoms with Crippen LogP contribution in [0.25, 0.3) is 22.1 Å². The molecule has 4 aromatic carbocycles. The Labute approximate surface area is 383 Å². The Balaban J connectivity index is 1.06. The number of aryl methyl sites for hydroxylation is 3. The number of alkyl halides is 2. The number of carbonyl (C=O) groups excluding carboxylic acids is 2. The average Bonchev–Trinajstić information content (AvgIpc) is 3.71. The van der Waals surface area contributed by atoms with Gasteiger partial charge in [0, 0.05) is 56.5 Å². The standard InChI is InChI=1S/C41H38Br4F2N4O7S2/c1-5-50-34-19-24(7-9-32(34)48-36(50)11-12-59-3)56-38-26(42)13-22(14-27(38)43)17-30(46)40(52)58-41(53)31(47)18-23-15-28(44)39(29(45)16-23)57-25-8-10-33-35(20-25)51(6-2)37(49-33)21-60(4,54)55/h7-10,13-16,19-20,30-31H,5-6,11-12,17-18,21H2,1-4H3. The topological polar surface area (TPSA) is 132 Å². The molecule has 0 aliphatic heterocycles. The molecule has 0 radical (unpaired) electrons. The van der Waals surface area contributed by atoms with Gasteiger partial charge in [0.15, 0.2) is 21.3 Å². The first-order valence-corrected chi connectivity index (χ1v) is 25.1. The first-order valence-electron chi connectivity index (χ1n) is 18.5. The molecule has 2 unspecified atom stereocenters. The van der Waals surface area contributed by atoms with E-state index in [1.165, 1.54) is 0 Å². The molecule has 2 heterocycles. The van der Waals surface area contributed by atoms with E-state index in [1.807, 2.05) is 25.1 Å². The van der Waals surface area contributed by atoms with Crippen molar-refractivity contribution in [1.82, 2.24) is 19.1 Å². The van der Waals surface area contributed by atoms with Crippen molar-refractivity contribution in [2.45, 2.75) is 64.3 Å². The second kappa shape index (κ2) is 19.8. The maximum atomic E-state index is 15.2. The van der Waals surface area contributed by atoms with Crippen molar-refractivity contribution >= 4 is 119 Å². The van der Waals surface area contributed by atoms with Crippen LogP contribution in [0.3, 0.4) is 0 Å². The molecule has 2 aromatic heterocycles. The van der Waals surface area contributed by atoms with Crippen molar-refractivity contribution in [3.8, 4) is 23.0 Å². The molecule has 2 atom stereocenters. The zero-order chi connectivity index (χ0) is 43.5. The van der Waals surface area contributed by atoms with Gasteiger partial charge in [-0.25, -0.2) is 36.8 Å². The van der Waals surface area contributed by atoms with Crippen molar-refractivity contribution in [1.29, 1.82) is 0 Å². The maximum absolute atomic E-state index is 15.2. The molecule has 11 nitrogen and oxygen atoms in total. The molecule has 0 bridgehead atoms. The summed E-state index contributed by atoms with van der Waals surface area (Å²) in [5.41, 5.74) is 3.84. The fourth-order valence-electron chi connectivity index (χ4n) is 6.57. The van der Waals surface area contributed by atoms with Crippen LogP contribution in [-0.4, -0.2) is 70.1 Å². The van der Waals surface area contributed by atoms with Crippen molar-refractivity contribution < 1.29 is 41.0 Å². The van der Waals surface area contributed by atoms with Crippen molar-refractivity contribution in [3.63, 3.8) is 0 Å². The molecule has 6 rings (SSSR count). The molecule has 0 fully saturated rings. The summed E-state index contributed by atoms with van der Waals surface area (Å²) in [5, 5.41) is 0. The lowest BCUT2D eigenvalue weighted by Crippen LogP contribution is -2.29. The summed E-state index contributed by atoms with van der Waals surface area (Å²) in [5.74, 6) is 0.923. The molecular weight excluding hydrogens is 1080 g/mol. The fourth-order valence-corrected chi connectivity index (χ4v) is 10.5. The van der Waals surface area contributed by atoms with Crippen LogP contribution in [0.4, 0.5) is 8.78 Å². The number of ether oxygens (including phenoxy) is 3. The van der Waals surface area contributed by atoms with Gasteiger partial charge in [0.2, 0.25) is 12.3 Å². The van der Waals surface area contributed by atoms with E-state index < -0.39 is 47.0 Å². The highest BCUT2D eigenvalue weighted by atomic mass is 79.9. The number of imidazole rings is 2. The molecular formula is C41H38Br4F2N4O7S2. The summed E-state index contributed by atoms with van der Waals surface area (Å²) < 4.78 is 77.0. The minimum absolute atomic E-state index is 0.205. The van der Waals surface area contributed by atoms with Gasteiger partial charge in [-0.3, -0.25) is 0 Å². The van der Waals surface area contributed by atoms with Gasteiger partial charge in [0.05, 0.1) is 40.0 Å². The highest BCUT2D eigenvalue weighted by molar-refractivity contribution is 9.11. The van der Waals surface area contributed by atoms with Crippen molar-refractivity contribution in [3.05, 3.63) is 101 Å². The van der Waals surface area contributed by atoms with Crippen LogP contribution in [-0.2, 0) is 62.3 Å². The number of benzene rings is 4. The number of hydrogen-bond acceptors (Lipinski definition) is 10. The zero-order valence-electron chi connectivity index (χ0n) is 32.6. The summed E-state index contributed by atoms with van der Waals surface area (Å²) in [6.07, 6.45) is -1.39. The molecule has 0 aliphatic carbocycles. The number of halogens is 6. The van der Waals surface area contributed by atoms with Crippen LogP contribution in [0.15, 0.2) is 78.6 Å². The predicted molar refractivity (Wildman–Crippen MR) is 244 cm³/mol. The number of sulfone groups is 1. The number of thioether (sulfide) groups is 1. The summed E-state index contributed by atoms with van der Waals surface area (Å²) in [6.45, 7) is 5.19. The van der Waals surface area contributed by atoms with E-state index in [0.717, 1.165) is 41.8 Å². The maximum Gasteiger partial charge on any atom is 0.348 e. The Hall–Kier alpha value is -3.36. The van der Waals surface area contributed by atoms with Gasteiger partial charge >= 0.3 is 11.9 Å². The normalized spacial score (nSPS) is 12.8. The first-order chi connectivity index (χ1) is 28.5. The van der Waals surface area contributed by atoms with Crippen LogP contribution < -0.4 is 9.47 Å². The highest BCUT2D eigenvalue weighted by Crippen LogP contribution is 2.41. The molecule has 318 valence electrons. The second-order valence-corrected chi connectivity index (χ2v) is 20.3. The number of carbonyl (C=O) groups is 2. The predicted octanol–water partition coefficient (Wildman–Crippen LogP) is 11.0. The molecule has 60 heavy (non-hydrogen) atoms. The Morgan fingerprint density at radius 3 is 1.53 bits per heavy atom. The second-order valence-electron chi connectivity index (χ2n) is 13.7. The van der Waals surface area contributed by atoms with E-state index in [2.05, 4.69) is 91.2 Å². The van der Waals surface area contributed by atoms with Crippen molar-refractivity contribution in [2.24, 2.45) is 0 Å². The minimum Gasteiger partial charge on any atom is -0.455 e. The monoisotopic (exact) mass is 1120 g/mol. The third kappa shape index (κ3) is 11.0. The molecule has 0 N–H and O–H groups in total. The third-order valence-corrected chi connectivity index (χ3v) is 13.0. The van der Waals surface area contributed by atoms with Crippen LogP contribution in [0.5, 0.6) is 23.0 Å². The van der Waals surface area contributed by atoms with Crippen LogP contribution >= 0.6 is 75.5 Å². The van der Waals surface area contributed by atoms with Gasteiger partial charge in [-0.05, 0) is 143 Å². The van der Waals surface area contributed by atoms with Crippen molar-refractivity contribution in [2.75, 3.05) is 18.3 Å². The van der Waals surface area contributed by atoms with Gasteiger partial charge in [-0.2, -0.15) is 11.8 Å². The summed E-state index contributed by atoms with van der Waals surface area (Å²) in [7, 11) is -3.31. The quantitative estimate of drug-likeness (QED) is 0.0642. The average molecular weight is 1120 g/mol. The summed E-state index contributed by atoms with van der Waals surface area (Å²) in [4.78, 5) is 34.5. The van der Waals surface area contributed by atoms with E-state index in [0.29, 0.717) is 75.4 Å². The number of hydrogen-bond donors (Lipinski definition) is 0. The molecule has 0 aliphatic rings. The number of esters is 2. The van der Waals surface area contributed by atoms with Crippen LogP contribution in [0, 0.1) is 0 Å². The van der Waals surface area contributed by atoms with E-state index in [-0.39, 0.29) is 5.75 Å². The Bertz CT molecular complexity index is 2670. The molecule has 0 amide bonds. The first kappa shape index (κ1) is 46.2. The number of rotatable bonds is 17. The zero-order valence-corrected chi connectivity index (χ0v) is 40.6. The van der Waals surface area contributed by atoms with Gasteiger partial charge in [0.25, 0.3) is 0 Å². The number of fused-ring (bicyclic) bond motifs is 2. The Morgan fingerprint density at radius 1 is 0.717 bits per heavy atom. The Kier molecular flexibility index (Phi) is 15.2. The molecule has 19 heteroatoms. The summed E-state index contributed by atoms with van der Waals surface area (Å²) in [6, 6.07) is 17.1. The van der Waals surface area contributed by atoms with Gasteiger partial charge in [0.1, 0.15) is 28.9 Å². The van der Waals surface area contributed by atoms with E-state index in [1.54, 1.807) is 58.8 Å². The van der Waals surface area contributed by atoms with Gasteiger partial charge < -0.3 is 23.3 Å². The van der Waals surface area contributed by atoms with E-state index in [9.17, 15) is 18.0 Å². The highest BCUT2D eigenvalue weighted by Gasteiger charge is 2.29. The SMILES string of the molecule is CCn1c(CCSC)nc2ccc(Oc3c(Br)cc(CC(F)C(=O)OC(=O)C(F)Cc4cc(Br)c(Oc5ccc6nc(CS(C)(=O)=O)n(CC)c6c5)c(Br)c4)cc3Br)cc21. The van der Waals surface area contributed by atoms with Gasteiger partial charge in [-0.1, -0.05) is 0 Å². The molecule has 6 aromatic rings. The largest absolute Gasteiger partial charge is 0.455 e. The van der Waals surface area contributed by atoms with E-state index in [4.69, 9.17) is 14.5 Å². The third-order valence-electron chi connectivity index (χ3n) is 9.25. The Morgan fingerprint density at radius 2 is 1.13 bits per heavy atom. The lowest BCUT2D eigenvalue weighted by Gasteiger charge is -2.15. The summed E-state index contributed by atoms with van der Waals surface area (Å²) >= 11 is 15.6.